The summed E-state index contributed by atoms with van der Waals surface area (Å²) in [5, 5.41) is 9.08. The number of nitrogens with two attached hydrogens (primary N) is 1. The highest BCUT2D eigenvalue weighted by molar-refractivity contribution is 5.70. The lowest BCUT2D eigenvalue weighted by molar-refractivity contribution is -0.144. The van der Waals surface area contributed by atoms with Crippen molar-refractivity contribution in [3.8, 4) is 0 Å². The van der Waals surface area contributed by atoms with Crippen molar-refractivity contribution in [1.29, 1.82) is 0 Å². The quantitative estimate of drug-likeness (QED) is 0.684. The van der Waals surface area contributed by atoms with Crippen LogP contribution < -0.4 is 5.73 Å². The second kappa shape index (κ2) is 4.78. The van der Waals surface area contributed by atoms with Gasteiger partial charge in [0.05, 0.1) is 5.92 Å². The third-order valence-electron chi connectivity index (χ3n) is 3.50. The van der Waals surface area contributed by atoms with Crippen molar-refractivity contribution in [1.82, 2.24) is 0 Å². The lowest BCUT2D eigenvalue weighted by Gasteiger charge is -2.28. The van der Waals surface area contributed by atoms with E-state index in [0.29, 0.717) is 17.8 Å². The molecular formula is C11H21NO2. The summed E-state index contributed by atoms with van der Waals surface area (Å²) in [6.07, 6.45) is 3.43. The molecule has 0 aromatic heterocycles. The summed E-state index contributed by atoms with van der Waals surface area (Å²) in [5.41, 5.74) is 5.55. The number of carbonyl (C=O) groups is 1. The molecule has 3 N–H and O–H groups in total. The van der Waals surface area contributed by atoms with Gasteiger partial charge in [0, 0.05) is 6.54 Å². The van der Waals surface area contributed by atoms with Gasteiger partial charge in [-0.15, -0.1) is 0 Å². The Hall–Kier alpha value is -0.570. The summed E-state index contributed by atoms with van der Waals surface area (Å²) in [6, 6.07) is 0. The molecule has 1 saturated carbocycles. The molecule has 1 aliphatic rings. The van der Waals surface area contributed by atoms with Gasteiger partial charge in [0.2, 0.25) is 0 Å². The Morgan fingerprint density at radius 2 is 2.14 bits per heavy atom. The van der Waals surface area contributed by atoms with E-state index in [1.807, 2.05) is 0 Å². The van der Waals surface area contributed by atoms with E-state index >= 15 is 0 Å². The molecule has 1 rings (SSSR count). The third kappa shape index (κ3) is 2.47. The Bertz CT molecular complexity index is 201. The third-order valence-corrected chi connectivity index (χ3v) is 3.50. The molecule has 1 aliphatic carbocycles. The van der Waals surface area contributed by atoms with Gasteiger partial charge in [-0.3, -0.25) is 4.79 Å². The van der Waals surface area contributed by atoms with Crippen LogP contribution in [0.4, 0.5) is 0 Å². The number of carboxylic acid groups (broad SMARTS) is 1. The maximum atomic E-state index is 11.0. The van der Waals surface area contributed by atoms with Crippen LogP contribution in [0.2, 0.25) is 0 Å². The van der Waals surface area contributed by atoms with Crippen LogP contribution in [0.5, 0.6) is 0 Å². The second-order valence-corrected chi connectivity index (χ2v) is 4.48. The van der Waals surface area contributed by atoms with Gasteiger partial charge in [-0.2, -0.15) is 0 Å². The smallest absolute Gasteiger partial charge is 0.308 e. The van der Waals surface area contributed by atoms with Gasteiger partial charge >= 0.3 is 5.97 Å². The fourth-order valence-electron chi connectivity index (χ4n) is 2.37. The highest BCUT2D eigenvalue weighted by Gasteiger charge is 2.41. The van der Waals surface area contributed by atoms with Crippen LogP contribution in [0.1, 0.15) is 33.1 Å². The van der Waals surface area contributed by atoms with Crippen molar-refractivity contribution in [2.45, 2.75) is 33.1 Å². The normalized spacial score (nSPS) is 22.8. The molecule has 0 amide bonds. The number of aliphatic carboxylic acids is 1. The Morgan fingerprint density at radius 1 is 1.57 bits per heavy atom. The molecule has 0 bridgehead atoms. The fourth-order valence-corrected chi connectivity index (χ4v) is 2.37. The van der Waals surface area contributed by atoms with E-state index in [9.17, 15) is 4.79 Å². The molecule has 3 nitrogen and oxygen atoms in total. The second-order valence-electron chi connectivity index (χ2n) is 4.48. The first kappa shape index (κ1) is 11.5. The van der Waals surface area contributed by atoms with E-state index in [0.717, 1.165) is 6.42 Å². The molecule has 3 unspecified atom stereocenters. The largest absolute Gasteiger partial charge is 0.481 e. The van der Waals surface area contributed by atoms with Gasteiger partial charge in [-0.1, -0.05) is 20.3 Å². The molecule has 3 atom stereocenters. The zero-order chi connectivity index (χ0) is 10.7. The van der Waals surface area contributed by atoms with Crippen LogP contribution in [0.25, 0.3) is 0 Å². The predicted octanol–water partition coefficient (Wildman–Crippen LogP) is 1.72. The number of carboxylic acids is 1. The molecule has 0 heterocycles. The first-order chi connectivity index (χ1) is 6.61. The molecule has 0 aliphatic heterocycles. The van der Waals surface area contributed by atoms with Gasteiger partial charge < -0.3 is 10.8 Å². The summed E-state index contributed by atoms with van der Waals surface area (Å²) < 4.78 is 0. The SMILES string of the molecule is CCC(C)C(C1CC1)C(CN)C(=O)O. The van der Waals surface area contributed by atoms with Crippen molar-refractivity contribution < 1.29 is 9.90 Å². The van der Waals surface area contributed by atoms with Gasteiger partial charge in [0.15, 0.2) is 0 Å². The van der Waals surface area contributed by atoms with Crippen molar-refractivity contribution in [2.24, 2.45) is 29.4 Å². The Kier molecular flexibility index (Phi) is 3.93. The molecular weight excluding hydrogens is 178 g/mol. The highest BCUT2D eigenvalue weighted by Crippen LogP contribution is 2.45. The number of rotatable bonds is 6. The van der Waals surface area contributed by atoms with E-state index in [2.05, 4.69) is 13.8 Å². The van der Waals surface area contributed by atoms with Gasteiger partial charge in [0.1, 0.15) is 0 Å². The Labute approximate surface area is 85.7 Å². The molecule has 82 valence electrons. The molecule has 14 heavy (non-hydrogen) atoms. The average molecular weight is 199 g/mol. The maximum Gasteiger partial charge on any atom is 0.308 e. The Balaban J connectivity index is 2.68. The predicted molar refractivity (Wildman–Crippen MR) is 55.8 cm³/mol. The van der Waals surface area contributed by atoms with Crippen molar-refractivity contribution in [3.05, 3.63) is 0 Å². The van der Waals surface area contributed by atoms with E-state index in [1.165, 1.54) is 12.8 Å². The molecule has 0 aromatic carbocycles. The zero-order valence-corrected chi connectivity index (χ0v) is 9.07. The molecule has 0 saturated heterocycles. The van der Waals surface area contributed by atoms with E-state index < -0.39 is 5.97 Å². The minimum absolute atomic E-state index is 0.279. The van der Waals surface area contributed by atoms with Crippen LogP contribution in [0.15, 0.2) is 0 Å². The topological polar surface area (TPSA) is 63.3 Å². The Morgan fingerprint density at radius 3 is 2.43 bits per heavy atom. The molecule has 1 fully saturated rings. The van der Waals surface area contributed by atoms with Crippen LogP contribution in [-0.4, -0.2) is 17.6 Å². The standard InChI is InChI=1S/C11H21NO2/c1-3-7(2)10(8-4-5-8)9(6-12)11(13)14/h7-10H,3-6,12H2,1-2H3,(H,13,14). The average Bonchev–Trinajstić information content (AvgIpc) is 2.95. The lowest BCUT2D eigenvalue weighted by Crippen LogP contribution is -2.35. The summed E-state index contributed by atoms with van der Waals surface area (Å²) in [7, 11) is 0. The summed E-state index contributed by atoms with van der Waals surface area (Å²) >= 11 is 0. The summed E-state index contributed by atoms with van der Waals surface area (Å²) in [6.45, 7) is 4.55. The van der Waals surface area contributed by atoms with Gasteiger partial charge in [-0.25, -0.2) is 0 Å². The first-order valence-electron chi connectivity index (χ1n) is 5.54. The first-order valence-corrected chi connectivity index (χ1v) is 5.54. The van der Waals surface area contributed by atoms with Crippen LogP contribution in [0, 0.1) is 23.7 Å². The summed E-state index contributed by atoms with van der Waals surface area (Å²) in [5.74, 6) is 0.339. The summed E-state index contributed by atoms with van der Waals surface area (Å²) in [4.78, 5) is 11.0. The van der Waals surface area contributed by atoms with Gasteiger partial charge in [0.25, 0.3) is 0 Å². The maximum absolute atomic E-state index is 11.0. The van der Waals surface area contributed by atoms with Crippen molar-refractivity contribution in [3.63, 3.8) is 0 Å². The van der Waals surface area contributed by atoms with E-state index in [-0.39, 0.29) is 12.5 Å². The van der Waals surface area contributed by atoms with Crippen LogP contribution >= 0.6 is 0 Å². The molecule has 0 aromatic rings. The fraction of sp³-hybridized carbons (Fsp3) is 0.909. The monoisotopic (exact) mass is 199 g/mol. The van der Waals surface area contributed by atoms with Crippen LogP contribution in [0.3, 0.4) is 0 Å². The minimum atomic E-state index is -0.718. The van der Waals surface area contributed by atoms with Crippen molar-refractivity contribution >= 4 is 5.97 Å². The zero-order valence-electron chi connectivity index (χ0n) is 9.07. The number of hydrogen-bond donors (Lipinski definition) is 2. The highest BCUT2D eigenvalue weighted by atomic mass is 16.4. The molecule has 3 heteroatoms. The molecule has 0 radical (unpaired) electrons. The van der Waals surface area contributed by atoms with E-state index in [4.69, 9.17) is 10.8 Å². The van der Waals surface area contributed by atoms with Gasteiger partial charge in [-0.05, 0) is 30.6 Å². The van der Waals surface area contributed by atoms with Crippen molar-refractivity contribution in [2.75, 3.05) is 6.54 Å². The van der Waals surface area contributed by atoms with Crippen LogP contribution in [-0.2, 0) is 4.79 Å². The minimum Gasteiger partial charge on any atom is -0.481 e. The molecule has 0 spiro atoms. The number of hydrogen-bond acceptors (Lipinski definition) is 2. The lowest BCUT2D eigenvalue weighted by atomic mass is 9.77. The van der Waals surface area contributed by atoms with E-state index in [1.54, 1.807) is 0 Å².